The van der Waals surface area contributed by atoms with Crippen LogP contribution in [-0.2, 0) is 19.4 Å². The highest BCUT2D eigenvalue weighted by Crippen LogP contribution is 2.40. The van der Waals surface area contributed by atoms with Crippen LogP contribution >= 0.6 is 0 Å². The molecule has 1 aliphatic carbocycles. The summed E-state index contributed by atoms with van der Waals surface area (Å²) in [5.74, 6) is 1.68. The van der Waals surface area contributed by atoms with Crippen LogP contribution in [0.25, 0.3) is 22.6 Å². The first-order chi connectivity index (χ1) is 13.3. The van der Waals surface area contributed by atoms with Crippen molar-refractivity contribution in [3.63, 3.8) is 0 Å². The third-order valence-electron chi connectivity index (χ3n) is 5.10. The Morgan fingerprint density at radius 2 is 1.85 bits per heavy atom. The van der Waals surface area contributed by atoms with Crippen LogP contribution in [0.1, 0.15) is 16.8 Å². The molecule has 0 radical (unpaired) electrons. The lowest BCUT2D eigenvalue weighted by Crippen LogP contribution is -2.10. The summed E-state index contributed by atoms with van der Waals surface area (Å²) in [6.07, 6.45) is 3.68. The molecule has 0 unspecified atom stereocenters. The number of methoxy groups -OCH3 is 1. The lowest BCUT2D eigenvalue weighted by molar-refractivity contribution is 0.415. The number of aryl methyl sites for hydroxylation is 1. The van der Waals surface area contributed by atoms with Gasteiger partial charge in [0, 0.05) is 11.1 Å². The quantitative estimate of drug-likeness (QED) is 0.544. The summed E-state index contributed by atoms with van der Waals surface area (Å²) in [5, 5.41) is 9.01. The molecule has 134 valence electrons. The Kier molecular flexibility index (Phi) is 3.78. The molecule has 0 N–H and O–H groups in total. The molecular formula is C22H19N3O2. The van der Waals surface area contributed by atoms with Gasteiger partial charge in [0.25, 0.3) is 0 Å². The van der Waals surface area contributed by atoms with Crippen LogP contribution < -0.4 is 4.74 Å². The number of hydrogen-bond donors (Lipinski definition) is 0. The number of fused-ring (bicyclic) bond motifs is 3. The first-order valence-corrected chi connectivity index (χ1v) is 9.05. The lowest BCUT2D eigenvalue weighted by atomic mass is 9.92. The number of benzene rings is 2. The van der Waals surface area contributed by atoms with Gasteiger partial charge in [0.15, 0.2) is 5.76 Å². The minimum absolute atomic E-state index is 0.739. The van der Waals surface area contributed by atoms with Crippen LogP contribution in [0, 0.1) is 0 Å². The maximum atomic E-state index is 5.62. The third-order valence-corrected chi connectivity index (χ3v) is 5.10. The topological polar surface area (TPSA) is 53.1 Å². The van der Waals surface area contributed by atoms with Crippen LogP contribution in [0.4, 0.5) is 0 Å². The van der Waals surface area contributed by atoms with Gasteiger partial charge in [-0.15, -0.1) is 0 Å². The van der Waals surface area contributed by atoms with Gasteiger partial charge in [0.1, 0.15) is 11.4 Å². The molecule has 1 aliphatic rings. The highest BCUT2D eigenvalue weighted by molar-refractivity contribution is 5.82. The van der Waals surface area contributed by atoms with E-state index in [1.54, 1.807) is 7.11 Å². The zero-order chi connectivity index (χ0) is 18.2. The molecular weight excluding hydrogens is 338 g/mol. The molecule has 5 nitrogen and oxygen atoms in total. The predicted molar refractivity (Wildman–Crippen MR) is 103 cm³/mol. The fourth-order valence-electron chi connectivity index (χ4n) is 3.72. The molecule has 0 aliphatic heterocycles. The third kappa shape index (κ3) is 2.72. The fourth-order valence-corrected chi connectivity index (χ4v) is 3.72. The van der Waals surface area contributed by atoms with Gasteiger partial charge in [0.05, 0.1) is 31.1 Å². The van der Waals surface area contributed by atoms with Crippen LogP contribution in [0.5, 0.6) is 5.75 Å². The largest absolute Gasteiger partial charge is 0.497 e. The number of aromatic nitrogens is 3. The molecule has 2 heterocycles. The van der Waals surface area contributed by atoms with Crippen LogP contribution in [0.15, 0.2) is 65.3 Å². The van der Waals surface area contributed by atoms with Crippen molar-refractivity contribution in [2.45, 2.75) is 19.4 Å². The molecule has 0 saturated carbocycles. The van der Waals surface area contributed by atoms with Gasteiger partial charge in [-0.1, -0.05) is 35.5 Å². The van der Waals surface area contributed by atoms with E-state index in [4.69, 9.17) is 14.4 Å². The number of rotatable bonds is 4. The molecule has 5 heteroatoms. The highest BCUT2D eigenvalue weighted by atomic mass is 16.5. The molecule has 0 bridgehead atoms. The number of hydrogen-bond acceptors (Lipinski definition) is 4. The standard InChI is InChI=1S/C22H19N3O2/c1-26-18-10-7-16(8-11-18)21-20-19(12-9-17-13-23-27-22(17)20)25(24-21)14-15-5-3-2-4-6-15/h2-8,10-11,13H,9,12,14H2,1H3. The van der Waals surface area contributed by atoms with Crippen molar-refractivity contribution in [3.8, 4) is 28.3 Å². The Hall–Kier alpha value is -3.34. The van der Waals surface area contributed by atoms with E-state index in [2.05, 4.69) is 34.1 Å². The van der Waals surface area contributed by atoms with Gasteiger partial charge in [-0.05, 0) is 42.7 Å². The van der Waals surface area contributed by atoms with Crippen LogP contribution in [0.2, 0.25) is 0 Å². The Bertz CT molecular complexity index is 1080. The summed E-state index contributed by atoms with van der Waals surface area (Å²) >= 11 is 0. The van der Waals surface area contributed by atoms with Crippen molar-refractivity contribution < 1.29 is 9.26 Å². The monoisotopic (exact) mass is 357 g/mol. The first-order valence-electron chi connectivity index (χ1n) is 9.05. The van der Waals surface area contributed by atoms with E-state index in [1.807, 2.05) is 36.5 Å². The van der Waals surface area contributed by atoms with E-state index in [9.17, 15) is 0 Å². The van der Waals surface area contributed by atoms with Gasteiger partial charge in [-0.3, -0.25) is 4.68 Å². The normalized spacial score (nSPS) is 12.5. The Balaban J connectivity index is 1.66. The summed E-state index contributed by atoms with van der Waals surface area (Å²) in [7, 11) is 1.67. The van der Waals surface area contributed by atoms with E-state index < -0.39 is 0 Å². The Morgan fingerprint density at radius 3 is 2.63 bits per heavy atom. The smallest absolute Gasteiger partial charge is 0.174 e. The van der Waals surface area contributed by atoms with Crippen molar-refractivity contribution in [2.75, 3.05) is 7.11 Å². The maximum Gasteiger partial charge on any atom is 0.174 e. The Labute approximate surface area is 157 Å². The van der Waals surface area contributed by atoms with Crippen molar-refractivity contribution in [1.29, 1.82) is 0 Å². The van der Waals surface area contributed by atoms with Crippen molar-refractivity contribution in [1.82, 2.24) is 14.9 Å². The summed E-state index contributed by atoms with van der Waals surface area (Å²) in [5.41, 5.74) is 6.62. The zero-order valence-electron chi connectivity index (χ0n) is 15.1. The first kappa shape index (κ1) is 15.9. The molecule has 4 aromatic rings. The Morgan fingerprint density at radius 1 is 1.04 bits per heavy atom. The second kappa shape index (κ2) is 6.43. The SMILES string of the molecule is COc1ccc(-c2nn(Cc3ccccc3)c3c2-c2oncc2CC3)cc1. The molecule has 0 spiro atoms. The molecule has 0 amide bonds. The van der Waals surface area contributed by atoms with Crippen molar-refractivity contribution in [3.05, 3.63) is 77.6 Å². The van der Waals surface area contributed by atoms with E-state index >= 15 is 0 Å². The molecule has 0 fully saturated rings. The number of ether oxygens (including phenoxy) is 1. The molecule has 0 saturated heterocycles. The molecule has 5 rings (SSSR count). The van der Waals surface area contributed by atoms with Crippen molar-refractivity contribution >= 4 is 0 Å². The molecule has 2 aromatic heterocycles. The molecule has 0 atom stereocenters. The van der Waals surface area contributed by atoms with Crippen LogP contribution in [-0.4, -0.2) is 22.0 Å². The lowest BCUT2D eigenvalue weighted by Gasteiger charge is -2.13. The van der Waals surface area contributed by atoms with E-state index in [1.165, 1.54) is 11.3 Å². The number of nitrogens with zero attached hydrogens (tertiary/aromatic N) is 3. The summed E-state index contributed by atoms with van der Waals surface area (Å²) in [6.45, 7) is 0.739. The van der Waals surface area contributed by atoms with Gasteiger partial charge in [0.2, 0.25) is 0 Å². The summed E-state index contributed by atoms with van der Waals surface area (Å²) < 4.78 is 13.0. The van der Waals surface area contributed by atoms with Gasteiger partial charge < -0.3 is 9.26 Å². The second-order valence-corrected chi connectivity index (χ2v) is 6.72. The average molecular weight is 357 g/mol. The summed E-state index contributed by atoms with van der Waals surface area (Å²) in [4.78, 5) is 0. The average Bonchev–Trinajstić information content (AvgIpc) is 3.33. The van der Waals surface area contributed by atoms with Gasteiger partial charge >= 0.3 is 0 Å². The van der Waals surface area contributed by atoms with E-state index in [0.29, 0.717) is 0 Å². The van der Waals surface area contributed by atoms with Gasteiger partial charge in [-0.25, -0.2) is 0 Å². The minimum Gasteiger partial charge on any atom is -0.497 e. The minimum atomic E-state index is 0.739. The molecule has 2 aromatic carbocycles. The summed E-state index contributed by atoms with van der Waals surface area (Å²) in [6, 6.07) is 18.4. The second-order valence-electron chi connectivity index (χ2n) is 6.72. The van der Waals surface area contributed by atoms with Gasteiger partial charge in [-0.2, -0.15) is 5.10 Å². The highest BCUT2D eigenvalue weighted by Gasteiger charge is 2.29. The maximum absolute atomic E-state index is 5.62. The fraction of sp³-hybridized carbons (Fsp3) is 0.182. The predicted octanol–water partition coefficient (Wildman–Crippen LogP) is 4.36. The van der Waals surface area contributed by atoms with E-state index in [-0.39, 0.29) is 0 Å². The zero-order valence-corrected chi connectivity index (χ0v) is 15.1. The van der Waals surface area contributed by atoms with Crippen molar-refractivity contribution in [2.24, 2.45) is 0 Å². The molecule has 27 heavy (non-hydrogen) atoms. The van der Waals surface area contributed by atoms with E-state index in [0.717, 1.165) is 53.3 Å². The van der Waals surface area contributed by atoms with Crippen LogP contribution in [0.3, 0.4) is 0 Å².